The van der Waals surface area contributed by atoms with Crippen molar-refractivity contribution in [1.29, 1.82) is 0 Å². The van der Waals surface area contributed by atoms with Gasteiger partial charge in [0, 0.05) is 30.2 Å². The van der Waals surface area contributed by atoms with Crippen molar-refractivity contribution in [2.75, 3.05) is 7.05 Å². The molecule has 0 unspecified atom stereocenters. The van der Waals surface area contributed by atoms with Gasteiger partial charge in [0.2, 0.25) is 10.0 Å². The summed E-state index contributed by atoms with van der Waals surface area (Å²) in [5, 5.41) is 3.52. The van der Waals surface area contributed by atoms with Gasteiger partial charge in [-0.05, 0) is 55.2 Å². The molecule has 0 aliphatic heterocycles. The van der Waals surface area contributed by atoms with Crippen LogP contribution in [0.5, 0.6) is 0 Å². The number of amides is 1. The smallest absolute Gasteiger partial charge is 0.251 e. The van der Waals surface area contributed by atoms with Crippen LogP contribution in [-0.4, -0.2) is 31.7 Å². The van der Waals surface area contributed by atoms with E-state index in [2.05, 4.69) is 5.32 Å². The number of nitrogens with zero attached hydrogens (tertiary/aromatic N) is 1. The van der Waals surface area contributed by atoms with Crippen molar-refractivity contribution < 1.29 is 13.2 Å². The predicted octanol–water partition coefficient (Wildman–Crippen LogP) is 4.53. The second-order valence-corrected chi connectivity index (χ2v) is 10.1. The molecule has 0 bridgehead atoms. The molecule has 0 saturated heterocycles. The monoisotopic (exact) mass is 434 g/mol. The summed E-state index contributed by atoms with van der Waals surface area (Å²) >= 11 is 6.09. The van der Waals surface area contributed by atoms with Crippen LogP contribution in [0.25, 0.3) is 0 Å². The summed E-state index contributed by atoms with van der Waals surface area (Å²) in [7, 11) is -2.17. The molecule has 2 aromatic carbocycles. The topological polar surface area (TPSA) is 66.5 Å². The molecular weight excluding hydrogens is 408 g/mol. The molecule has 1 aliphatic rings. The van der Waals surface area contributed by atoms with E-state index in [1.807, 2.05) is 6.07 Å². The molecule has 0 spiro atoms. The van der Waals surface area contributed by atoms with Gasteiger partial charge in [-0.2, -0.15) is 4.31 Å². The molecule has 0 atom stereocenters. The van der Waals surface area contributed by atoms with Crippen molar-refractivity contribution in [2.45, 2.75) is 56.5 Å². The molecule has 0 radical (unpaired) electrons. The van der Waals surface area contributed by atoms with Crippen LogP contribution in [0.1, 0.15) is 53.6 Å². The highest BCUT2D eigenvalue weighted by Crippen LogP contribution is 2.26. The van der Waals surface area contributed by atoms with E-state index in [4.69, 9.17) is 11.6 Å². The lowest BCUT2D eigenvalue weighted by atomic mass is 9.95. The highest BCUT2D eigenvalue weighted by Gasteiger charge is 2.24. The van der Waals surface area contributed by atoms with Gasteiger partial charge in [0.05, 0.1) is 4.90 Å². The summed E-state index contributed by atoms with van der Waals surface area (Å²) in [6.45, 7) is 1.86. The Morgan fingerprint density at radius 3 is 2.55 bits per heavy atom. The molecule has 0 heterocycles. The zero-order valence-electron chi connectivity index (χ0n) is 16.8. The second-order valence-electron chi connectivity index (χ2n) is 7.63. The fourth-order valence-corrected chi connectivity index (χ4v) is 5.34. The van der Waals surface area contributed by atoms with Crippen LogP contribution in [0.15, 0.2) is 47.4 Å². The van der Waals surface area contributed by atoms with E-state index in [0.717, 1.165) is 31.2 Å². The third kappa shape index (κ3) is 5.18. The van der Waals surface area contributed by atoms with Crippen molar-refractivity contribution >= 4 is 27.5 Å². The molecule has 2 aromatic rings. The fourth-order valence-electron chi connectivity index (χ4n) is 3.70. The molecule has 29 heavy (non-hydrogen) atoms. The van der Waals surface area contributed by atoms with Crippen LogP contribution >= 0.6 is 11.6 Å². The van der Waals surface area contributed by atoms with Crippen LogP contribution in [0.2, 0.25) is 5.02 Å². The van der Waals surface area contributed by atoms with E-state index >= 15 is 0 Å². The number of sulfonamides is 1. The van der Waals surface area contributed by atoms with Gasteiger partial charge in [0.1, 0.15) is 0 Å². The molecule has 1 N–H and O–H groups in total. The number of carbonyl (C=O) groups excluding carboxylic acids is 1. The van der Waals surface area contributed by atoms with E-state index in [-0.39, 0.29) is 23.4 Å². The molecule has 3 rings (SSSR count). The molecule has 5 nitrogen and oxygen atoms in total. The summed E-state index contributed by atoms with van der Waals surface area (Å²) in [6, 6.07) is 12.2. The molecule has 7 heteroatoms. The minimum atomic E-state index is -3.70. The minimum absolute atomic E-state index is 0.102. The Balaban J connectivity index is 1.73. The Hall–Kier alpha value is -1.89. The van der Waals surface area contributed by atoms with Crippen molar-refractivity contribution in [3.8, 4) is 0 Å². The van der Waals surface area contributed by atoms with Crippen LogP contribution in [0.3, 0.4) is 0 Å². The van der Waals surface area contributed by atoms with E-state index in [0.29, 0.717) is 16.1 Å². The Morgan fingerprint density at radius 2 is 1.83 bits per heavy atom. The quantitative estimate of drug-likeness (QED) is 0.726. The van der Waals surface area contributed by atoms with Crippen LogP contribution < -0.4 is 5.32 Å². The molecular formula is C22H27ClN2O3S. The maximum atomic E-state index is 13.0. The average molecular weight is 435 g/mol. The largest absolute Gasteiger partial charge is 0.349 e. The van der Waals surface area contributed by atoms with Gasteiger partial charge in [-0.1, -0.05) is 49.1 Å². The Labute approximate surface area is 178 Å². The first-order valence-electron chi connectivity index (χ1n) is 9.90. The molecule has 1 saturated carbocycles. The van der Waals surface area contributed by atoms with Gasteiger partial charge in [-0.3, -0.25) is 4.79 Å². The normalized spacial score (nSPS) is 15.4. The third-order valence-electron chi connectivity index (χ3n) is 5.44. The highest BCUT2D eigenvalue weighted by atomic mass is 35.5. The van der Waals surface area contributed by atoms with E-state index in [9.17, 15) is 13.2 Å². The van der Waals surface area contributed by atoms with Gasteiger partial charge >= 0.3 is 0 Å². The maximum absolute atomic E-state index is 13.0. The zero-order valence-corrected chi connectivity index (χ0v) is 18.4. The van der Waals surface area contributed by atoms with Crippen LogP contribution in [0, 0.1) is 6.92 Å². The summed E-state index contributed by atoms with van der Waals surface area (Å²) in [4.78, 5) is 12.8. The highest BCUT2D eigenvalue weighted by molar-refractivity contribution is 7.89. The van der Waals surface area contributed by atoms with Crippen molar-refractivity contribution in [2.24, 2.45) is 0 Å². The van der Waals surface area contributed by atoms with Crippen LogP contribution in [0.4, 0.5) is 0 Å². The number of nitrogens with one attached hydrogen (secondary N) is 1. The number of halogens is 1. The number of hydrogen-bond donors (Lipinski definition) is 1. The third-order valence-corrected chi connectivity index (χ3v) is 7.80. The van der Waals surface area contributed by atoms with E-state index in [1.54, 1.807) is 43.3 Å². The minimum Gasteiger partial charge on any atom is -0.349 e. The Morgan fingerprint density at radius 1 is 1.14 bits per heavy atom. The first-order chi connectivity index (χ1) is 13.8. The summed E-state index contributed by atoms with van der Waals surface area (Å²) in [5.41, 5.74) is 1.84. The summed E-state index contributed by atoms with van der Waals surface area (Å²) in [5.74, 6) is -0.102. The number of carbonyl (C=O) groups is 1. The number of rotatable bonds is 6. The van der Waals surface area contributed by atoms with Crippen molar-refractivity contribution in [3.05, 3.63) is 64.2 Å². The molecule has 1 aliphatic carbocycles. The summed E-state index contributed by atoms with van der Waals surface area (Å²) < 4.78 is 27.2. The van der Waals surface area contributed by atoms with Gasteiger partial charge in [-0.25, -0.2) is 8.42 Å². The van der Waals surface area contributed by atoms with Gasteiger partial charge < -0.3 is 5.32 Å². The van der Waals surface area contributed by atoms with Crippen molar-refractivity contribution in [3.63, 3.8) is 0 Å². The first-order valence-corrected chi connectivity index (χ1v) is 11.7. The number of benzene rings is 2. The molecule has 1 fully saturated rings. The van der Waals surface area contributed by atoms with E-state index < -0.39 is 10.0 Å². The lowest BCUT2D eigenvalue weighted by Gasteiger charge is -2.23. The fraction of sp³-hybridized carbons (Fsp3) is 0.409. The zero-order chi connectivity index (χ0) is 21.0. The summed E-state index contributed by atoms with van der Waals surface area (Å²) in [6.07, 6.45) is 5.57. The van der Waals surface area contributed by atoms with E-state index in [1.165, 1.54) is 17.8 Å². The van der Waals surface area contributed by atoms with Crippen LogP contribution in [-0.2, 0) is 16.6 Å². The lowest BCUT2D eigenvalue weighted by Crippen LogP contribution is -2.36. The molecule has 156 valence electrons. The standard InChI is InChI=1S/C22H27ClN2O3S/c1-16-20(23)12-7-13-21(16)29(27,28)25(2)15-17-8-6-9-18(14-17)22(26)24-19-10-4-3-5-11-19/h6-9,12-14,19H,3-5,10-11,15H2,1-2H3,(H,24,26). The first kappa shape index (κ1) is 21.8. The molecule has 0 aromatic heterocycles. The maximum Gasteiger partial charge on any atom is 0.251 e. The number of hydrogen-bond acceptors (Lipinski definition) is 3. The molecule has 1 amide bonds. The van der Waals surface area contributed by atoms with Gasteiger partial charge in [0.15, 0.2) is 0 Å². The average Bonchev–Trinajstić information content (AvgIpc) is 2.71. The predicted molar refractivity (Wildman–Crippen MR) is 116 cm³/mol. The Kier molecular flexibility index (Phi) is 6.98. The van der Waals surface area contributed by atoms with Gasteiger partial charge in [-0.15, -0.1) is 0 Å². The van der Waals surface area contributed by atoms with Crippen molar-refractivity contribution in [1.82, 2.24) is 9.62 Å². The lowest BCUT2D eigenvalue weighted by molar-refractivity contribution is 0.0927. The second kappa shape index (κ2) is 9.28. The SMILES string of the molecule is Cc1c(Cl)cccc1S(=O)(=O)N(C)Cc1cccc(C(=O)NC2CCCCC2)c1. The van der Waals surface area contributed by atoms with Gasteiger partial charge in [0.25, 0.3) is 5.91 Å². The Bertz CT molecular complexity index is 985.